The van der Waals surface area contributed by atoms with Crippen LogP contribution in [0.2, 0.25) is 0 Å². The summed E-state index contributed by atoms with van der Waals surface area (Å²) in [5, 5.41) is 0. The molecule has 0 radical (unpaired) electrons. The second kappa shape index (κ2) is 7.27. The van der Waals surface area contributed by atoms with E-state index >= 15 is 0 Å². The van der Waals surface area contributed by atoms with Crippen LogP contribution in [0.3, 0.4) is 0 Å². The fraction of sp³-hybridized carbons (Fsp3) is 0.316. The average molecular weight is 361 g/mol. The number of carbonyl (C=O) groups is 1. The summed E-state index contributed by atoms with van der Waals surface area (Å²) in [7, 11) is -3.73. The van der Waals surface area contributed by atoms with Crippen molar-refractivity contribution in [2.75, 3.05) is 11.3 Å². The molecule has 6 heteroatoms. The van der Waals surface area contributed by atoms with Gasteiger partial charge in [0.25, 0.3) is 10.0 Å². The second-order valence-corrected chi connectivity index (χ2v) is 7.61. The van der Waals surface area contributed by atoms with Crippen molar-refractivity contribution >= 4 is 21.7 Å². The van der Waals surface area contributed by atoms with Crippen molar-refractivity contribution in [2.45, 2.75) is 39.5 Å². The first kappa shape index (κ1) is 19.0. The third kappa shape index (κ3) is 4.02. The predicted octanol–water partition coefficient (Wildman–Crippen LogP) is 3.90. The van der Waals surface area contributed by atoms with Gasteiger partial charge in [0.2, 0.25) is 0 Å². The van der Waals surface area contributed by atoms with E-state index in [1.807, 2.05) is 19.9 Å². The molecule has 0 spiro atoms. The molecule has 0 aliphatic rings. The third-order valence-electron chi connectivity index (χ3n) is 4.21. The lowest BCUT2D eigenvalue weighted by Gasteiger charge is -2.16. The number of nitrogens with one attached hydrogen (secondary N) is 1. The summed E-state index contributed by atoms with van der Waals surface area (Å²) < 4.78 is 33.2. The summed E-state index contributed by atoms with van der Waals surface area (Å²) >= 11 is 0. The average Bonchev–Trinajstić information content (AvgIpc) is 2.53. The number of carbonyl (C=O) groups excluding carboxylic acids is 1. The second-order valence-electron chi connectivity index (χ2n) is 5.99. The molecule has 2 aromatic rings. The smallest absolute Gasteiger partial charge is 0.338 e. The van der Waals surface area contributed by atoms with Gasteiger partial charge in [0.05, 0.1) is 17.1 Å². The van der Waals surface area contributed by atoms with Gasteiger partial charge in [-0.2, -0.15) is 0 Å². The Morgan fingerprint density at radius 2 is 1.52 bits per heavy atom. The van der Waals surface area contributed by atoms with Crippen LogP contribution in [-0.2, 0) is 14.8 Å². The van der Waals surface area contributed by atoms with Gasteiger partial charge in [-0.05, 0) is 81.1 Å². The van der Waals surface area contributed by atoms with Gasteiger partial charge in [0, 0.05) is 5.69 Å². The minimum Gasteiger partial charge on any atom is -0.462 e. The van der Waals surface area contributed by atoms with Crippen LogP contribution < -0.4 is 4.72 Å². The molecule has 0 heterocycles. The Morgan fingerprint density at radius 1 is 1.00 bits per heavy atom. The van der Waals surface area contributed by atoms with E-state index in [2.05, 4.69) is 4.72 Å². The van der Waals surface area contributed by atoms with Crippen LogP contribution in [0.1, 0.15) is 39.5 Å². The maximum absolute atomic E-state index is 12.9. The number of aryl methyl sites for hydroxylation is 2. The first-order valence-corrected chi connectivity index (χ1v) is 9.53. The highest BCUT2D eigenvalue weighted by atomic mass is 32.2. The van der Waals surface area contributed by atoms with Crippen molar-refractivity contribution in [3.05, 3.63) is 58.1 Å². The quantitative estimate of drug-likeness (QED) is 0.820. The number of sulfonamides is 1. The van der Waals surface area contributed by atoms with Gasteiger partial charge in [-0.3, -0.25) is 4.72 Å². The number of anilines is 1. The molecule has 0 saturated carbocycles. The molecule has 0 fully saturated rings. The molecule has 0 aliphatic carbocycles. The van der Waals surface area contributed by atoms with Crippen LogP contribution >= 0.6 is 0 Å². The zero-order chi connectivity index (χ0) is 18.8. The molecular weight excluding hydrogens is 338 g/mol. The minimum absolute atomic E-state index is 0.290. The zero-order valence-corrected chi connectivity index (χ0v) is 16.0. The normalized spacial score (nSPS) is 11.2. The van der Waals surface area contributed by atoms with Crippen molar-refractivity contribution in [2.24, 2.45) is 0 Å². The molecular formula is C19H23NO4S. The van der Waals surface area contributed by atoms with Crippen LogP contribution in [0, 0.1) is 27.7 Å². The predicted molar refractivity (Wildman–Crippen MR) is 98.6 cm³/mol. The molecule has 0 aromatic heterocycles. The van der Waals surface area contributed by atoms with Gasteiger partial charge in [0.1, 0.15) is 0 Å². The number of hydrogen-bond donors (Lipinski definition) is 1. The Bertz CT molecular complexity index is 874. The summed E-state index contributed by atoms with van der Waals surface area (Å²) in [6, 6.07) is 8.17. The molecule has 0 bridgehead atoms. The Balaban J connectivity index is 2.36. The highest BCUT2D eigenvalue weighted by molar-refractivity contribution is 7.92. The highest BCUT2D eigenvalue weighted by Crippen LogP contribution is 2.28. The number of ether oxygens (including phenoxy) is 1. The van der Waals surface area contributed by atoms with Crippen LogP contribution in [0.4, 0.5) is 5.69 Å². The lowest BCUT2D eigenvalue weighted by atomic mass is 10.0. The summed E-state index contributed by atoms with van der Waals surface area (Å²) in [6.45, 7) is 9.43. The van der Waals surface area contributed by atoms with E-state index < -0.39 is 16.0 Å². The van der Waals surface area contributed by atoms with E-state index in [0.717, 1.165) is 22.3 Å². The maximum atomic E-state index is 12.9. The van der Waals surface area contributed by atoms with Crippen molar-refractivity contribution in [3.8, 4) is 0 Å². The Morgan fingerprint density at radius 3 is 2.00 bits per heavy atom. The number of benzene rings is 2. The monoisotopic (exact) mass is 361 g/mol. The maximum Gasteiger partial charge on any atom is 0.338 e. The summed E-state index contributed by atoms with van der Waals surface area (Å²) in [5.74, 6) is -0.432. The molecule has 0 saturated heterocycles. The number of hydrogen-bond acceptors (Lipinski definition) is 4. The minimum atomic E-state index is -3.73. The van der Waals surface area contributed by atoms with Gasteiger partial charge in [-0.15, -0.1) is 0 Å². The fourth-order valence-corrected chi connectivity index (χ4v) is 4.36. The fourth-order valence-electron chi connectivity index (χ4n) is 2.68. The Hall–Kier alpha value is -2.34. The van der Waals surface area contributed by atoms with E-state index in [1.54, 1.807) is 32.9 Å². The van der Waals surface area contributed by atoms with E-state index in [1.165, 1.54) is 12.1 Å². The van der Waals surface area contributed by atoms with Crippen LogP contribution in [0.5, 0.6) is 0 Å². The molecule has 0 atom stereocenters. The van der Waals surface area contributed by atoms with Crippen LogP contribution in [-0.4, -0.2) is 21.0 Å². The molecule has 2 rings (SSSR count). The lowest BCUT2D eigenvalue weighted by Crippen LogP contribution is -2.17. The molecule has 134 valence electrons. The molecule has 0 aliphatic heterocycles. The van der Waals surface area contributed by atoms with E-state index in [9.17, 15) is 13.2 Å². The van der Waals surface area contributed by atoms with Gasteiger partial charge in [0.15, 0.2) is 0 Å². The lowest BCUT2D eigenvalue weighted by molar-refractivity contribution is 0.0526. The van der Waals surface area contributed by atoms with Crippen molar-refractivity contribution in [1.82, 2.24) is 0 Å². The zero-order valence-electron chi connectivity index (χ0n) is 15.1. The summed E-state index contributed by atoms with van der Waals surface area (Å²) in [4.78, 5) is 12.0. The Kier molecular flexibility index (Phi) is 5.52. The third-order valence-corrected chi connectivity index (χ3v) is 5.87. The first-order chi connectivity index (χ1) is 11.7. The molecule has 2 aromatic carbocycles. The van der Waals surface area contributed by atoms with Gasteiger partial charge < -0.3 is 4.74 Å². The van der Waals surface area contributed by atoms with Crippen molar-refractivity contribution in [1.29, 1.82) is 0 Å². The standard InChI is InChI=1S/C19H23NO4S/c1-6-24-19(21)16-7-9-17(10-8-16)20-25(22,23)18-14(4)12(2)11-13(3)15(18)5/h7-11,20H,6H2,1-5H3. The molecule has 1 N–H and O–H groups in total. The highest BCUT2D eigenvalue weighted by Gasteiger charge is 2.22. The first-order valence-electron chi connectivity index (χ1n) is 8.04. The number of esters is 1. The molecule has 5 nitrogen and oxygen atoms in total. The van der Waals surface area contributed by atoms with Crippen molar-refractivity contribution in [3.63, 3.8) is 0 Å². The van der Waals surface area contributed by atoms with E-state index in [-0.39, 0.29) is 0 Å². The topological polar surface area (TPSA) is 72.5 Å². The molecule has 25 heavy (non-hydrogen) atoms. The van der Waals surface area contributed by atoms with E-state index in [0.29, 0.717) is 22.8 Å². The summed E-state index contributed by atoms with van der Waals surface area (Å²) in [6.07, 6.45) is 0. The van der Waals surface area contributed by atoms with Crippen LogP contribution in [0.15, 0.2) is 35.2 Å². The largest absolute Gasteiger partial charge is 0.462 e. The molecule has 0 amide bonds. The van der Waals surface area contributed by atoms with Crippen LogP contribution in [0.25, 0.3) is 0 Å². The van der Waals surface area contributed by atoms with Gasteiger partial charge >= 0.3 is 5.97 Å². The summed E-state index contributed by atoms with van der Waals surface area (Å²) in [5.41, 5.74) is 4.11. The van der Waals surface area contributed by atoms with Gasteiger partial charge in [-0.25, -0.2) is 13.2 Å². The molecule has 0 unspecified atom stereocenters. The Labute approximate surface area is 149 Å². The van der Waals surface area contributed by atoms with Crippen molar-refractivity contribution < 1.29 is 17.9 Å². The SMILES string of the molecule is CCOC(=O)c1ccc(NS(=O)(=O)c2c(C)c(C)cc(C)c2C)cc1. The van der Waals surface area contributed by atoms with E-state index in [4.69, 9.17) is 4.74 Å². The van der Waals surface area contributed by atoms with Gasteiger partial charge in [-0.1, -0.05) is 6.07 Å². The number of rotatable bonds is 5.